The van der Waals surface area contributed by atoms with Crippen LogP contribution >= 0.6 is 0 Å². The van der Waals surface area contributed by atoms with Crippen LogP contribution in [0.4, 0.5) is 10.1 Å². The van der Waals surface area contributed by atoms with Gasteiger partial charge in [0.2, 0.25) is 0 Å². The van der Waals surface area contributed by atoms with E-state index in [4.69, 9.17) is 9.47 Å². The van der Waals surface area contributed by atoms with Crippen molar-refractivity contribution in [1.29, 1.82) is 0 Å². The average Bonchev–Trinajstić information content (AvgIpc) is 2.94. The summed E-state index contributed by atoms with van der Waals surface area (Å²) in [6.07, 6.45) is 0.452. The lowest BCUT2D eigenvalue weighted by atomic mass is 10.2. The Bertz CT molecular complexity index is 709. The van der Waals surface area contributed by atoms with E-state index in [0.717, 1.165) is 49.8 Å². The molecular weight excluding hydrogens is 359 g/mol. The minimum absolute atomic E-state index is 0.212. The van der Waals surface area contributed by atoms with Crippen LogP contribution in [0.1, 0.15) is 13.3 Å². The van der Waals surface area contributed by atoms with Crippen molar-refractivity contribution in [3.63, 3.8) is 0 Å². The number of rotatable bonds is 8. The molecular formula is C22H29FN2O3. The summed E-state index contributed by atoms with van der Waals surface area (Å²) in [5.74, 6) is 1.32. The van der Waals surface area contributed by atoms with Crippen molar-refractivity contribution in [1.82, 2.24) is 4.90 Å². The second-order valence-corrected chi connectivity index (χ2v) is 6.99. The van der Waals surface area contributed by atoms with Crippen molar-refractivity contribution in [2.75, 3.05) is 50.8 Å². The summed E-state index contributed by atoms with van der Waals surface area (Å²) < 4.78 is 24.2. The molecule has 0 aromatic heterocycles. The topological polar surface area (TPSA) is 45.2 Å². The minimum Gasteiger partial charge on any atom is -0.494 e. The molecule has 152 valence electrons. The SMILES string of the molecule is CCOc1ccc(OCC(O)CN2CCCN(c3ccc(F)cc3)CC2)cc1. The Morgan fingerprint density at radius 1 is 0.929 bits per heavy atom. The molecule has 5 nitrogen and oxygen atoms in total. The molecule has 28 heavy (non-hydrogen) atoms. The summed E-state index contributed by atoms with van der Waals surface area (Å²) in [4.78, 5) is 4.53. The fourth-order valence-corrected chi connectivity index (χ4v) is 3.41. The predicted octanol–water partition coefficient (Wildman–Crippen LogP) is 3.18. The normalized spacial score (nSPS) is 16.5. The number of nitrogens with zero attached hydrogens (tertiary/aromatic N) is 2. The Balaban J connectivity index is 1.42. The number of anilines is 1. The number of ether oxygens (including phenoxy) is 2. The standard InChI is InChI=1S/C22H29FN2O3/c1-2-27-21-8-10-22(11-9-21)28-17-20(26)16-24-12-3-13-25(15-14-24)19-6-4-18(23)5-7-19/h4-11,20,26H,2-3,12-17H2,1H3. The van der Waals surface area contributed by atoms with E-state index >= 15 is 0 Å². The van der Waals surface area contributed by atoms with Crippen LogP contribution in [0.5, 0.6) is 11.5 Å². The predicted molar refractivity (Wildman–Crippen MR) is 109 cm³/mol. The van der Waals surface area contributed by atoms with Crippen molar-refractivity contribution in [3.05, 3.63) is 54.3 Å². The van der Waals surface area contributed by atoms with Gasteiger partial charge < -0.3 is 19.5 Å². The van der Waals surface area contributed by atoms with E-state index in [1.807, 2.05) is 43.3 Å². The van der Waals surface area contributed by atoms with Crippen LogP contribution in [0.25, 0.3) is 0 Å². The summed E-state index contributed by atoms with van der Waals surface area (Å²) in [5, 5.41) is 10.4. The Labute approximate surface area is 166 Å². The van der Waals surface area contributed by atoms with Crippen LogP contribution in [0.2, 0.25) is 0 Å². The lowest BCUT2D eigenvalue weighted by Gasteiger charge is -2.25. The van der Waals surface area contributed by atoms with Gasteiger partial charge in [-0.25, -0.2) is 4.39 Å². The molecule has 1 aliphatic rings. The van der Waals surface area contributed by atoms with E-state index in [0.29, 0.717) is 13.2 Å². The molecule has 1 heterocycles. The Hall–Kier alpha value is -2.31. The molecule has 1 N–H and O–H groups in total. The van der Waals surface area contributed by atoms with Gasteiger partial charge in [0.1, 0.15) is 30.0 Å². The highest BCUT2D eigenvalue weighted by Gasteiger charge is 2.18. The molecule has 0 saturated carbocycles. The molecule has 2 aromatic rings. The van der Waals surface area contributed by atoms with Crippen LogP contribution in [-0.4, -0.2) is 62.0 Å². The Kier molecular flexibility index (Phi) is 7.51. The number of aliphatic hydroxyl groups is 1. The lowest BCUT2D eigenvalue weighted by Crippen LogP contribution is -2.38. The largest absolute Gasteiger partial charge is 0.494 e. The molecule has 3 rings (SSSR count). The van der Waals surface area contributed by atoms with Gasteiger partial charge in [-0.15, -0.1) is 0 Å². The van der Waals surface area contributed by atoms with Gasteiger partial charge in [-0.1, -0.05) is 0 Å². The number of halogens is 1. The first-order chi connectivity index (χ1) is 13.6. The highest BCUT2D eigenvalue weighted by Crippen LogP contribution is 2.19. The molecule has 1 fully saturated rings. The molecule has 0 amide bonds. The Morgan fingerprint density at radius 2 is 1.61 bits per heavy atom. The lowest BCUT2D eigenvalue weighted by molar-refractivity contribution is 0.0704. The van der Waals surface area contributed by atoms with Gasteiger partial charge in [0, 0.05) is 31.9 Å². The van der Waals surface area contributed by atoms with E-state index in [1.165, 1.54) is 12.1 Å². The first-order valence-electron chi connectivity index (χ1n) is 9.90. The monoisotopic (exact) mass is 388 g/mol. The number of benzene rings is 2. The van der Waals surface area contributed by atoms with Gasteiger partial charge >= 0.3 is 0 Å². The van der Waals surface area contributed by atoms with E-state index < -0.39 is 6.10 Å². The molecule has 1 saturated heterocycles. The highest BCUT2D eigenvalue weighted by molar-refractivity contribution is 5.46. The molecule has 1 aliphatic heterocycles. The third-order valence-corrected chi connectivity index (χ3v) is 4.83. The molecule has 0 radical (unpaired) electrons. The maximum atomic E-state index is 13.1. The third-order valence-electron chi connectivity index (χ3n) is 4.83. The summed E-state index contributed by atoms with van der Waals surface area (Å²) in [7, 11) is 0. The van der Waals surface area contributed by atoms with E-state index in [-0.39, 0.29) is 12.4 Å². The van der Waals surface area contributed by atoms with Crippen LogP contribution < -0.4 is 14.4 Å². The number of aliphatic hydroxyl groups excluding tert-OH is 1. The zero-order valence-corrected chi connectivity index (χ0v) is 16.4. The second kappa shape index (κ2) is 10.3. The highest BCUT2D eigenvalue weighted by atomic mass is 19.1. The van der Waals surface area contributed by atoms with E-state index in [2.05, 4.69) is 9.80 Å². The summed E-state index contributed by atoms with van der Waals surface area (Å²) in [6.45, 7) is 6.99. The number of hydrogen-bond donors (Lipinski definition) is 1. The van der Waals surface area contributed by atoms with Gasteiger partial charge in [-0.3, -0.25) is 4.90 Å². The maximum Gasteiger partial charge on any atom is 0.123 e. The van der Waals surface area contributed by atoms with Gasteiger partial charge in [-0.05, 0) is 68.4 Å². The van der Waals surface area contributed by atoms with Crippen molar-refractivity contribution < 1.29 is 19.0 Å². The smallest absolute Gasteiger partial charge is 0.123 e. The van der Waals surface area contributed by atoms with Crippen molar-refractivity contribution >= 4 is 5.69 Å². The third kappa shape index (κ3) is 6.11. The van der Waals surface area contributed by atoms with Crippen molar-refractivity contribution in [2.24, 2.45) is 0 Å². The summed E-state index contributed by atoms with van der Waals surface area (Å²) >= 11 is 0. The van der Waals surface area contributed by atoms with Gasteiger partial charge in [0.05, 0.1) is 6.61 Å². The molecule has 1 atom stereocenters. The number of β-amino-alcohol motifs (C(OH)–C–C–N with tert-alkyl or cyclic N) is 1. The fourth-order valence-electron chi connectivity index (χ4n) is 3.41. The average molecular weight is 388 g/mol. The Morgan fingerprint density at radius 3 is 2.29 bits per heavy atom. The van der Waals surface area contributed by atoms with Crippen molar-refractivity contribution in [3.8, 4) is 11.5 Å². The quantitative estimate of drug-likeness (QED) is 0.753. The summed E-state index contributed by atoms with van der Waals surface area (Å²) in [6, 6.07) is 14.1. The van der Waals surface area contributed by atoms with E-state index in [9.17, 15) is 9.50 Å². The zero-order chi connectivity index (χ0) is 19.8. The first-order valence-corrected chi connectivity index (χ1v) is 9.90. The van der Waals surface area contributed by atoms with Gasteiger partial charge in [0.15, 0.2) is 0 Å². The molecule has 0 aliphatic carbocycles. The molecule has 0 bridgehead atoms. The fraction of sp³-hybridized carbons (Fsp3) is 0.455. The van der Waals surface area contributed by atoms with Crippen LogP contribution in [0.3, 0.4) is 0 Å². The van der Waals surface area contributed by atoms with Crippen LogP contribution in [0, 0.1) is 5.82 Å². The molecule has 0 spiro atoms. The van der Waals surface area contributed by atoms with Crippen LogP contribution in [-0.2, 0) is 0 Å². The molecule has 2 aromatic carbocycles. The number of hydrogen-bond acceptors (Lipinski definition) is 5. The first kappa shape index (κ1) is 20.4. The zero-order valence-electron chi connectivity index (χ0n) is 16.4. The minimum atomic E-state index is -0.552. The summed E-state index contributed by atoms with van der Waals surface area (Å²) in [5.41, 5.74) is 1.04. The van der Waals surface area contributed by atoms with Gasteiger partial charge in [0.25, 0.3) is 0 Å². The van der Waals surface area contributed by atoms with Gasteiger partial charge in [-0.2, -0.15) is 0 Å². The maximum absolute atomic E-state index is 13.1. The van der Waals surface area contributed by atoms with Crippen LogP contribution in [0.15, 0.2) is 48.5 Å². The van der Waals surface area contributed by atoms with Crippen molar-refractivity contribution in [2.45, 2.75) is 19.4 Å². The molecule has 6 heteroatoms. The van der Waals surface area contributed by atoms with E-state index in [1.54, 1.807) is 0 Å². The molecule has 1 unspecified atom stereocenters. The second-order valence-electron chi connectivity index (χ2n) is 6.99.